The van der Waals surface area contributed by atoms with Gasteiger partial charge in [-0.15, -0.1) is 0 Å². The number of aliphatic hydroxyl groups is 4. The Hall–Kier alpha value is 0.420. The summed E-state index contributed by atoms with van der Waals surface area (Å²) in [5.41, 5.74) is 0. The minimum atomic E-state index is -4.88. The second kappa shape index (κ2) is 8.56. The Balaban J connectivity index is 0. The molecule has 4 atom stereocenters. The van der Waals surface area contributed by atoms with Gasteiger partial charge in [0.15, 0.2) is 0 Å². The summed E-state index contributed by atoms with van der Waals surface area (Å²) in [5, 5.41) is 46.1. The summed E-state index contributed by atoms with van der Waals surface area (Å²) >= 11 is 0. The second-order valence-corrected chi connectivity index (χ2v) is 4.34. The molecule has 0 aliphatic heterocycles. The molecule has 0 unspecified atom stereocenters. The van der Waals surface area contributed by atoms with Crippen molar-refractivity contribution in [3.63, 3.8) is 0 Å². The number of aliphatic carboxylic acids is 1. The van der Waals surface area contributed by atoms with E-state index in [1.165, 1.54) is 0 Å². The number of hydrogen-bond donors (Lipinski definition) is 6. The molecule has 0 bridgehead atoms. The standard InChI is InChI=1S/C6H13O10P.Na/c7-2(1-16-17(13,14)15)3(8)4(9)5(10)6(11)12;/h2-5,7-10H,1H2,(H,11,12)(H2,13,14,15);/q;+1/p-1/t2-,3-,4+,5-;/m1./s1. The van der Waals surface area contributed by atoms with E-state index in [1.54, 1.807) is 0 Å². The average molecular weight is 298 g/mol. The number of phosphoric acid groups is 1. The first-order valence-corrected chi connectivity index (χ1v) is 5.72. The third kappa shape index (κ3) is 7.77. The SMILES string of the molecule is O=C([O-])[C@H](O)[C@@H](O)[C@H](O)[C@H](O)COP(=O)(O)O.[Na+]. The zero-order valence-corrected chi connectivity index (χ0v) is 12.2. The molecule has 0 saturated heterocycles. The van der Waals surface area contributed by atoms with Crippen LogP contribution in [0.25, 0.3) is 0 Å². The molecule has 0 aliphatic rings. The largest absolute Gasteiger partial charge is 1.00 e. The van der Waals surface area contributed by atoms with E-state index in [2.05, 4.69) is 4.52 Å². The number of hydrogen-bond acceptors (Lipinski definition) is 8. The number of rotatable bonds is 7. The first-order chi connectivity index (χ1) is 7.56. The van der Waals surface area contributed by atoms with E-state index in [-0.39, 0.29) is 29.6 Å². The van der Waals surface area contributed by atoms with Gasteiger partial charge in [0.2, 0.25) is 0 Å². The molecular weight excluding hydrogens is 286 g/mol. The molecule has 0 rings (SSSR count). The summed E-state index contributed by atoms with van der Waals surface area (Å²) in [5.74, 6) is -2.08. The third-order valence-electron chi connectivity index (χ3n) is 1.72. The van der Waals surface area contributed by atoms with Gasteiger partial charge in [0.1, 0.15) is 24.4 Å². The minimum Gasteiger partial charge on any atom is -0.547 e. The number of carboxylic acids is 1. The van der Waals surface area contributed by atoms with E-state index in [9.17, 15) is 14.5 Å². The van der Waals surface area contributed by atoms with E-state index >= 15 is 0 Å². The van der Waals surface area contributed by atoms with E-state index < -0.39 is 44.8 Å². The molecule has 18 heavy (non-hydrogen) atoms. The van der Waals surface area contributed by atoms with Crippen LogP contribution < -0.4 is 34.7 Å². The van der Waals surface area contributed by atoms with Gasteiger partial charge in [-0.25, -0.2) is 4.57 Å². The van der Waals surface area contributed by atoms with Gasteiger partial charge in [0.25, 0.3) is 0 Å². The van der Waals surface area contributed by atoms with Crippen molar-refractivity contribution in [2.45, 2.75) is 24.4 Å². The molecule has 0 aromatic heterocycles. The summed E-state index contributed by atoms with van der Waals surface area (Å²) in [4.78, 5) is 26.6. The van der Waals surface area contributed by atoms with Crippen LogP contribution in [0.1, 0.15) is 0 Å². The summed E-state index contributed by atoms with van der Waals surface area (Å²) in [7, 11) is -4.88. The van der Waals surface area contributed by atoms with Crippen LogP contribution in [0.2, 0.25) is 0 Å². The van der Waals surface area contributed by atoms with Crippen LogP contribution in [0.3, 0.4) is 0 Å². The van der Waals surface area contributed by atoms with Crippen LogP contribution >= 0.6 is 7.82 Å². The van der Waals surface area contributed by atoms with Gasteiger partial charge in [0.05, 0.1) is 12.6 Å². The van der Waals surface area contributed by atoms with E-state index in [0.717, 1.165) is 0 Å². The van der Waals surface area contributed by atoms with Crippen LogP contribution in [0.5, 0.6) is 0 Å². The topological polar surface area (TPSA) is 188 Å². The summed E-state index contributed by atoms with van der Waals surface area (Å²) in [6, 6.07) is 0. The normalized spacial score (nSPS) is 18.3. The molecule has 102 valence electrons. The van der Waals surface area contributed by atoms with Crippen LogP contribution in [0.15, 0.2) is 0 Å². The molecule has 0 aromatic carbocycles. The number of carbonyl (C=O) groups is 1. The Morgan fingerprint density at radius 3 is 1.94 bits per heavy atom. The Kier molecular flexibility index (Phi) is 9.86. The minimum absolute atomic E-state index is 0. The number of phosphoric ester groups is 1. The molecule has 0 amide bonds. The van der Waals surface area contributed by atoms with Crippen LogP contribution in [-0.4, -0.2) is 67.2 Å². The first-order valence-electron chi connectivity index (χ1n) is 4.19. The smallest absolute Gasteiger partial charge is 0.547 e. The van der Waals surface area contributed by atoms with Gasteiger partial charge in [-0.2, -0.15) is 0 Å². The quantitative estimate of drug-likeness (QED) is 0.194. The van der Waals surface area contributed by atoms with Crippen LogP contribution in [0, 0.1) is 0 Å². The predicted octanol–water partition coefficient (Wildman–Crippen LogP) is -7.71. The second-order valence-electron chi connectivity index (χ2n) is 3.10. The molecule has 0 aliphatic carbocycles. The van der Waals surface area contributed by atoms with Crippen LogP contribution in [0.4, 0.5) is 0 Å². The molecule has 0 fully saturated rings. The van der Waals surface area contributed by atoms with Gasteiger partial charge < -0.3 is 40.1 Å². The van der Waals surface area contributed by atoms with Crippen molar-refractivity contribution in [3.05, 3.63) is 0 Å². The zero-order chi connectivity index (χ0) is 13.8. The fourth-order valence-electron chi connectivity index (χ4n) is 0.826. The van der Waals surface area contributed by atoms with E-state index in [0.29, 0.717) is 0 Å². The summed E-state index contributed by atoms with van der Waals surface area (Å²) in [6.45, 7) is -1.07. The predicted molar refractivity (Wildman–Crippen MR) is 47.0 cm³/mol. The van der Waals surface area contributed by atoms with Crippen molar-refractivity contribution in [1.29, 1.82) is 0 Å². The average Bonchev–Trinajstić information content (AvgIpc) is 2.21. The molecule has 12 heteroatoms. The van der Waals surface area contributed by atoms with E-state index in [1.807, 2.05) is 0 Å². The fourth-order valence-corrected chi connectivity index (χ4v) is 1.17. The van der Waals surface area contributed by atoms with Gasteiger partial charge in [-0.05, 0) is 0 Å². The van der Waals surface area contributed by atoms with Crippen molar-refractivity contribution in [1.82, 2.24) is 0 Å². The molecule has 10 nitrogen and oxygen atoms in total. The van der Waals surface area contributed by atoms with Gasteiger partial charge >= 0.3 is 37.4 Å². The molecule has 6 N–H and O–H groups in total. The van der Waals surface area contributed by atoms with Gasteiger partial charge in [-0.1, -0.05) is 0 Å². The number of aliphatic hydroxyl groups excluding tert-OH is 4. The molecule has 0 aromatic rings. The summed E-state index contributed by atoms with van der Waals surface area (Å²) in [6.07, 6.45) is -8.95. The van der Waals surface area contributed by atoms with Crippen molar-refractivity contribution >= 4 is 13.8 Å². The first kappa shape index (κ1) is 20.7. The Morgan fingerprint density at radius 2 is 1.61 bits per heavy atom. The monoisotopic (exact) mass is 298 g/mol. The molecule has 0 heterocycles. The van der Waals surface area contributed by atoms with Crippen molar-refractivity contribution in [2.24, 2.45) is 0 Å². The third-order valence-corrected chi connectivity index (χ3v) is 2.21. The zero-order valence-electron chi connectivity index (χ0n) is 9.28. The molecule has 0 spiro atoms. The van der Waals surface area contributed by atoms with Crippen molar-refractivity contribution < 1.29 is 78.8 Å². The van der Waals surface area contributed by atoms with E-state index in [4.69, 9.17) is 30.2 Å². The maximum Gasteiger partial charge on any atom is 1.00 e. The molecule has 0 saturated carbocycles. The van der Waals surface area contributed by atoms with Gasteiger partial charge in [0, 0.05) is 0 Å². The van der Waals surface area contributed by atoms with Crippen molar-refractivity contribution in [3.8, 4) is 0 Å². The fraction of sp³-hybridized carbons (Fsp3) is 0.833. The Morgan fingerprint density at radius 1 is 1.17 bits per heavy atom. The molecular formula is C6H12NaO10P. The molecule has 0 radical (unpaired) electrons. The number of carbonyl (C=O) groups excluding carboxylic acids is 1. The summed E-state index contributed by atoms with van der Waals surface area (Å²) < 4.78 is 14.0. The maximum absolute atomic E-state index is 10.2. The van der Waals surface area contributed by atoms with Crippen LogP contribution in [-0.2, 0) is 13.9 Å². The Labute approximate surface area is 123 Å². The van der Waals surface area contributed by atoms with Gasteiger partial charge in [-0.3, -0.25) is 4.52 Å². The van der Waals surface area contributed by atoms with Crippen molar-refractivity contribution in [2.75, 3.05) is 6.61 Å². The maximum atomic E-state index is 10.2. The Bertz CT molecular complexity index is 305. The number of carboxylic acid groups (broad SMARTS) is 1.